The summed E-state index contributed by atoms with van der Waals surface area (Å²) in [5.41, 5.74) is 2.19. The number of aryl methyl sites for hydroxylation is 1. The first-order valence-electron chi connectivity index (χ1n) is 6.00. The van der Waals surface area contributed by atoms with Gasteiger partial charge in [0, 0.05) is 25.1 Å². The zero-order valence-corrected chi connectivity index (χ0v) is 10.9. The van der Waals surface area contributed by atoms with Crippen molar-refractivity contribution in [1.82, 2.24) is 9.97 Å². The third-order valence-electron chi connectivity index (χ3n) is 2.90. The maximum absolute atomic E-state index is 10.8. The van der Waals surface area contributed by atoms with Gasteiger partial charge in [-0.2, -0.15) is 0 Å². The summed E-state index contributed by atoms with van der Waals surface area (Å²) in [7, 11) is 1.84. The molecule has 0 radical (unpaired) electrons. The van der Waals surface area contributed by atoms with Gasteiger partial charge >= 0.3 is 5.97 Å². The molecule has 0 spiro atoms. The predicted molar refractivity (Wildman–Crippen MR) is 72.9 cm³/mol. The third-order valence-corrected chi connectivity index (χ3v) is 2.90. The van der Waals surface area contributed by atoms with Crippen molar-refractivity contribution < 1.29 is 9.90 Å². The lowest BCUT2D eigenvalue weighted by Crippen LogP contribution is -2.13. The molecule has 98 valence electrons. The maximum Gasteiger partial charge on any atom is 0.335 e. The lowest BCUT2D eigenvalue weighted by atomic mass is 10.2. The Hall–Kier alpha value is -2.43. The number of aromatic carboxylic acids is 1. The maximum atomic E-state index is 10.8. The van der Waals surface area contributed by atoms with Crippen molar-refractivity contribution in [2.75, 3.05) is 11.9 Å². The van der Waals surface area contributed by atoms with Crippen LogP contribution in [0.4, 0.5) is 11.6 Å². The summed E-state index contributed by atoms with van der Waals surface area (Å²) in [6.45, 7) is 2.05. The summed E-state index contributed by atoms with van der Waals surface area (Å²) in [5.74, 6) is -0.349. The summed E-state index contributed by atoms with van der Waals surface area (Å²) < 4.78 is 0. The number of carboxylic acid groups (broad SMARTS) is 1. The van der Waals surface area contributed by atoms with Gasteiger partial charge in [-0.1, -0.05) is 6.92 Å². The second-order valence-corrected chi connectivity index (χ2v) is 4.16. The molecule has 0 amide bonds. The molecule has 19 heavy (non-hydrogen) atoms. The third kappa shape index (κ3) is 2.88. The topological polar surface area (TPSA) is 66.3 Å². The van der Waals surface area contributed by atoms with Gasteiger partial charge in [-0.25, -0.2) is 14.8 Å². The summed E-state index contributed by atoms with van der Waals surface area (Å²) in [5, 5.41) is 8.85. The van der Waals surface area contributed by atoms with Gasteiger partial charge in [0.25, 0.3) is 0 Å². The van der Waals surface area contributed by atoms with E-state index >= 15 is 0 Å². The van der Waals surface area contributed by atoms with E-state index in [-0.39, 0.29) is 5.56 Å². The molecule has 0 atom stereocenters. The molecule has 5 heteroatoms. The second-order valence-electron chi connectivity index (χ2n) is 4.16. The second kappa shape index (κ2) is 5.48. The van der Waals surface area contributed by atoms with Gasteiger partial charge in [-0.3, -0.25) is 0 Å². The molecule has 0 saturated carbocycles. The van der Waals surface area contributed by atoms with Crippen molar-refractivity contribution in [3.63, 3.8) is 0 Å². The Bertz CT molecular complexity index is 564. The highest BCUT2D eigenvalue weighted by Gasteiger charge is 2.08. The van der Waals surface area contributed by atoms with Gasteiger partial charge in [0.15, 0.2) is 0 Å². The molecule has 1 N–H and O–H groups in total. The lowest BCUT2D eigenvalue weighted by Gasteiger charge is -2.17. The van der Waals surface area contributed by atoms with Crippen LogP contribution in [0.1, 0.15) is 22.8 Å². The van der Waals surface area contributed by atoms with E-state index in [1.807, 2.05) is 18.9 Å². The Labute approximate surface area is 111 Å². The Kier molecular flexibility index (Phi) is 3.75. The van der Waals surface area contributed by atoms with Crippen molar-refractivity contribution in [2.45, 2.75) is 13.3 Å². The van der Waals surface area contributed by atoms with Gasteiger partial charge in [0.2, 0.25) is 5.95 Å². The molecule has 5 nitrogen and oxygen atoms in total. The number of hydrogen-bond donors (Lipinski definition) is 1. The lowest BCUT2D eigenvalue weighted by molar-refractivity contribution is 0.0697. The number of rotatable bonds is 4. The van der Waals surface area contributed by atoms with Crippen LogP contribution < -0.4 is 4.90 Å². The SMILES string of the molecule is CCc1cnc(N(C)c2ccc(C(=O)O)cc2)nc1. The standard InChI is InChI=1S/C14H15N3O2/c1-3-10-8-15-14(16-9-10)17(2)12-6-4-11(5-7-12)13(18)19/h4-9H,3H2,1-2H3,(H,18,19). The van der Waals surface area contributed by atoms with E-state index in [9.17, 15) is 4.79 Å². The smallest absolute Gasteiger partial charge is 0.335 e. The van der Waals surface area contributed by atoms with Crippen molar-refractivity contribution in [1.29, 1.82) is 0 Å². The molecule has 0 aliphatic rings. The number of carboxylic acids is 1. The van der Waals surface area contributed by atoms with Crippen LogP contribution in [0.5, 0.6) is 0 Å². The average Bonchev–Trinajstić information content (AvgIpc) is 2.46. The van der Waals surface area contributed by atoms with E-state index in [0.29, 0.717) is 5.95 Å². The van der Waals surface area contributed by atoms with E-state index < -0.39 is 5.97 Å². The fourth-order valence-electron chi connectivity index (χ4n) is 1.65. The van der Waals surface area contributed by atoms with Crippen LogP contribution in [0.15, 0.2) is 36.7 Å². The zero-order chi connectivity index (χ0) is 13.8. The molecule has 2 rings (SSSR count). The Morgan fingerprint density at radius 2 is 1.79 bits per heavy atom. The Balaban J connectivity index is 2.22. The quantitative estimate of drug-likeness (QED) is 0.911. The average molecular weight is 257 g/mol. The molecule has 0 fully saturated rings. The molecular formula is C14H15N3O2. The number of carbonyl (C=O) groups is 1. The molecule has 0 bridgehead atoms. The van der Waals surface area contributed by atoms with Crippen LogP contribution in [-0.4, -0.2) is 28.1 Å². The fourth-order valence-corrected chi connectivity index (χ4v) is 1.65. The Morgan fingerprint density at radius 3 is 2.26 bits per heavy atom. The molecule has 1 aromatic heterocycles. The number of anilines is 2. The minimum atomic E-state index is -0.933. The summed E-state index contributed by atoms with van der Waals surface area (Å²) in [6.07, 6.45) is 4.49. The molecule has 0 aliphatic heterocycles. The van der Waals surface area contributed by atoms with Gasteiger partial charge < -0.3 is 10.0 Å². The highest BCUT2D eigenvalue weighted by molar-refractivity contribution is 5.88. The van der Waals surface area contributed by atoms with Crippen LogP contribution in [-0.2, 0) is 6.42 Å². The molecule has 2 aromatic rings. The first-order chi connectivity index (χ1) is 9.11. The van der Waals surface area contributed by atoms with Crippen LogP contribution in [0.3, 0.4) is 0 Å². The van der Waals surface area contributed by atoms with Gasteiger partial charge in [-0.05, 0) is 36.2 Å². The minimum absolute atomic E-state index is 0.263. The van der Waals surface area contributed by atoms with Crippen LogP contribution in [0.2, 0.25) is 0 Å². The zero-order valence-electron chi connectivity index (χ0n) is 10.9. The molecule has 0 unspecified atom stereocenters. The highest BCUT2D eigenvalue weighted by atomic mass is 16.4. The molecule has 1 aromatic carbocycles. The largest absolute Gasteiger partial charge is 0.478 e. The first kappa shape index (κ1) is 13.0. The highest BCUT2D eigenvalue weighted by Crippen LogP contribution is 2.20. The fraction of sp³-hybridized carbons (Fsp3) is 0.214. The normalized spacial score (nSPS) is 10.2. The molecular weight excluding hydrogens is 242 g/mol. The van der Waals surface area contributed by atoms with Gasteiger partial charge in [-0.15, -0.1) is 0 Å². The van der Waals surface area contributed by atoms with Crippen LogP contribution >= 0.6 is 0 Å². The summed E-state index contributed by atoms with van der Waals surface area (Å²) >= 11 is 0. The minimum Gasteiger partial charge on any atom is -0.478 e. The summed E-state index contributed by atoms with van der Waals surface area (Å²) in [4.78, 5) is 21.2. The van der Waals surface area contributed by atoms with E-state index in [0.717, 1.165) is 17.7 Å². The van der Waals surface area contributed by atoms with E-state index in [2.05, 4.69) is 9.97 Å². The molecule has 0 saturated heterocycles. The van der Waals surface area contributed by atoms with Crippen LogP contribution in [0, 0.1) is 0 Å². The monoisotopic (exact) mass is 257 g/mol. The van der Waals surface area contributed by atoms with Crippen LogP contribution in [0.25, 0.3) is 0 Å². The predicted octanol–water partition coefficient (Wildman–Crippen LogP) is 2.51. The summed E-state index contributed by atoms with van der Waals surface area (Å²) in [6, 6.07) is 6.60. The van der Waals surface area contributed by atoms with Crippen molar-refractivity contribution in [3.8, 4) is 0 Å². The number of benzene rings is 1. The van der Waals surface area contributed by atoms with E-state index in [4.69, 9.17) is 5.11 Å². The van der Waals surface area contributed by atoms with Gasteiger partial charge in [0.05, 0.1) is 5.56 Å². The number of hydrogen-bond acceptors (Lipinski definition) is 4. The van der Waals surface area contributed by atoms with E-state index in [1.54, 1.807) is 36.7 Å². The van der Waals surface area contributed by atoms with Crippen molar-refractivity contribution in [3.05, 3.63) is 47.8 Å². The molecule has 1 heterocycles. The molecule has 0 aliphatic carbocycles. The Morgan fingerprint density at radius 1 is 1.21 bits per heavy atom. The number of nitrogens with zero attached hydrogens (tertiary/aromatic N) is 3. The first-order valence-corrected chi connectivity index (χ1v) is 6.00. The van der Waals surface area contributed by atoms with Crippen molar-refractivity contribution >= 4 is 17.6 Å². The van der Waals surface area contributed by atoms with Gasteiger partial charge in [0.1, 0.15) is 0 Å². The van der Waals surface area contributed by atoms with E-state index in [1.165, 1.54) is 0 Å². The number of aromatic nitrogens is 2. The van der Waals surface area contributed by atoms with Crippen molar-refractivity contribution in [2.24, 2.45) is 0 Å².